The van der Waals surface area contributed by atoms with Crippen LogP contribution in [0.15, 0.2) is 71.9 Å². The van der Waals surface area contributed by atoms with Crippen molar-refractivity contribution in [2.45, 2.75) is 19.9 Å². The second-order valence-corrected chi connectivity index (χ2v) is 6.05. The molecule has 0 radical (unpaired) electrons. The van der Waals surface area contributed by atoms with Crippen LogP contribution in [0.1, 0.15) is 18.2 Å². The zero-order chi connectivity index (χ0) is 18.9. The van der Waals surface area contributed by atoms with Crippen molar-refractivity contribution in [2.75, 3.05) is 13.1 Å². The standard InChI is InChI=1S/C21H24FN5.HI/c1-2-23-21(24-14-12-17-8-6-7-11-20(17)22)25-16-18-13-15-27(26-18)19-9-4-3-5-10-19;/h3-11,13,15H,2,12,14,16H2,1H3,(H2,23,24,25);1H. The first-order valence-electron chi connectivity index (χ1n) is 9.12. The van der Waals surface area contributed by atoms with Gasteiger partial charge in [0.2, 0.25) is 0 Å². The lowest BCUT2D eigenvalue weighted by Crippen LogP contribution is -2.38. The molecule has 0 amide bonds. The van der Waals surface area contributed by atoms with Gasteiger partial charge in [0.25, 0.3) is 0 Å². The number of halogens is 2. The summed E-state index contributed by atoms with van der Waals surface area (Å²) in [5.41, 5.74) is 2.59. The molecular weight excluding hydrogens is 468 g/mol. The Morgan fingerprint density at radius 1 is 1.04 bits per heavy atom. The van der Waals surface area contributed by atoms with Gasteiger partial charge in [0.1, 0.15) is 5.82 Å². The fraction of sp³-hybridized carbons (Fsp3) is 0.238. The summed E-state index contributed by atoms with van der Waals surface area (Å²) < 4.78 is 15.5. The van der Waals surface area contributed by atoms with Crippen LogP contribution in [0.5, 0.6) is 0 Å². The third kappa shape index (κ3) is 6.33. The minimum atomic E-state index is -0.173. The number of aliphatic imine (C=N–C) groups is 1. The summed E-state index contributed by atoms with van der Waals surface area (Å²) in [7, 11) is 0. The normalized spacial score (nSPS) is 11.0. The molecule has 0 spiro atoms. The summed E-state index contributed by atoms with van der Waals surface area (Å²) >= 11 is 0. The molecule has 0 bridgehead atoms. The van der Waals surface area contributed by atoms with Gasteiger partial charge in [-0.15, -0.1) is 24.0 Å². The maximum absolute atomic E-state index is 13.7. The van der Waals surface area contributed by atoms with E-state index in [2.05, 4.69) is 20.7 Å². The second kappa shape index (κ2) is 11.4. The summed E-state index contributed by atoms with van der Waals surface area (Å²) in [4.78, 5) is 4.57. The topological polar surface area (TPSA) is 54.2 Å². The van der Waals surface area contributed by atoms with Gasteiger partial charge in [0, 0.05) is 19.3 Å². The zero-order valence-electron chi connectivity index (χ0n) is 15.8. The Morgan fingerprint density at radius 2 is 1.79 bits per heavy atom. The van der Waals surface area contributed by atoms with Gasteiger partial charge >= 0.3 is 0 Å². The van der Waals surface area contributed by atoms with E-state index in [0.29, 0.717) is 31.0 Å². The maximum Gasteiger partial charge on any atom is 0.191 e. The fourth-order valence-electron chi connectivity index (χ4n) is 2.69. The number of nitrogens with one attached hydrogen (secondary N) is 2. The summed E-state index contributed by atoms with van der Waals surface area (Å²) in [5.74, 6) is 0.524. The molecule has 7 heteroatoms. The molecule has 0 saturated heterocycles. The Hall–Kier alpha value is -2.42. The van der Waals surface area contributed by atoms with Crippen molar-refractivity contribution < 1.29 is 4.39 Å². The molecule has 3 rings (SSSR count). The largest absolute Gasteiger partial charge is 0.357 e. The van der Waals surface area contributed by atoms with E-state index in [9.17, 15) is 4.39 Å². The van der Waals surface area contributed by atoms with Gasteiger partial charge in [-0.05, 0) is 43.2 Å². The number of benzene rings is 2. The van der Waals surface area contributed by atoms with Gasteiger partial charge in [-0.2, -0.15) is 5.10 Å². The molecule has 5 nitrogen and oxygen atoms in total. The molecule has 0 aliphatic heterocycles. The van der Waals surface area contributed by atoms with Crippen LogP contribution in [0.3, 0.4) is 0 Å². The molecule has 1 heterocycles. The molecule has 1 aromatic heterocycles. The van der Waals surface area contributed by atoms with Gasteiger partial charge < -0.3 is 10.6 Å². The van der Waals surface area contributed by atoms with E-state index < -0.39 is 0 Å². The van der Waals surface area contributed by atoms with Crippen LogP contribution in [-0.2, 0) is 13.0 Å². The maximum atomic E-state index is 13.7. The molecule has 28 heavy (non-hydrogen) atoms. The quantitative estimate of drug-likeness (QED) is 0.298. The van der Waals surface area contributed by atoms with Crippen molar-refractivity contribution in [2.24, 2.45) is 4.99 Å². The number of aromatic nitrogens is 2. The van der Waals surface area contributed by atoms with E-state index in [4.69, 9.17) is 0 Å². The molecule has 0 aliphatic rings. The molecular formula is C21H25FIN5. The Kier molecular flexibility index (Phi) is 8.93. The second-order valence-electron chi connectivity index (χ2n) is 6.05. The SMILES string of the molecule is CCNC(=NCc1ccn(-c2ccccc2)n1)NCCc1ccccc1F.I. The van der Waals surface area contributed by atoms with Gasteiger partial charge in [0.05, 0.1) is 17.9 Å². The number of rotatable bonds is 7. The highest BCUT2D eigenvalue weighted by molar-refractivity contribution is 14.0. The van der Waals surface area contributed by atoms with E-state index in [0.717, 1.165) is 17.9 Å². The number of hydrogen-bond acceptors (Lipinski definition) is 2. The van der Waals surface area contributed by atoms with E-state index >= 15 is 0 Å². The highest BCUT2D eigenvalue weighted by atomic mass is 127. The highest BCUT2D eigenvalue weighted by Crippen LogP contribution is 2.08. The van der Waals surface area contributed by atoms with Crippen LogP contribution < -0.4 is 10.6 Å². The average molecular weight is 493 g/mol. The summed E-state index contributed by atoms with van der Waals surface area (Å²) in [6.07, 6.45) is 2.53. The first-order valence-corrected chi connectivity index (χ1v) is 9.12. The summed E-state index contributed by atoms with van der Waals surface area (Å²) in [5, 5.41) is 11.0. The predicted octanol–water partition coefficient (Wildman–Crippen LogP) is 3.93. The number of hydrogen-bond donors (Lipinski definition) is 2. The predicted molar refractivity (Wildman–Crippen MR) is 122 cm³/mol. The first kappa shape index (κ1) is 21.9. The lowest BCUT2D eigenvalue weighted by molar-refractivity contribution is 0.606. The highest BCUT2D eigenvalue weighted by Gasteiger charge is 2.04. The van der Waals surface area contributed by atoms with Gasteiger partial charge in [-0.25, -0.2) is 14.1 Å². The molecule has 0 atom stereocenters. The van der Waals surface area contributed by atoms with E-state index in [1.807, 2.05) is 60.3 Å². The monoisotopic (exact) mass is 493 g/mol. The van der Waals surface area contributed by atoms with Crippen molar-refractivity contribution >= 4 is 29.9 Å². The Balaban J connectivity index is 0.00000280. The van der Waals surface area contributed by atoms with Crippen LogP contribution in [-0.4, -0.2) is 28.8 Å². The number of para-hydroxylation sites is 1. The fourth-order valence-corrected chi connectivity index (χ4v) is 2.69. The molecule has 2 N–H and O–H groups in total. The Labute approximate surface area is 182 Å². The van der Waals surface area contributed by atoms with E-state index in [1.165, 1.54) is 6.07 Å². The smallest absolute Gasteiger partial charge is 0.191 e. The van der Waals surface area contributed by atoms with Crippen LogP contribution in [0.2, 0.25) is 0 Å². The Bertz CT molecular complexity index is 879. The minimum absolute atomic E-state index is 0. The van der Waals surface area contributed by atoms with Crippen molar-refractivity contribution in [3.63, 3.8) is 0 Å². The molecule has 0 saturated carbocycles. The number of guanidine groups is 1. The molecule has 148 valence electrons. The van der Waals surface area contributed by atoms with Gasteiger partial charge in [0.15, 0.2) is 5.96 Å². The molecule has 0 unspecified atom stereocenters. The third-order valence-corrected chi connectivity index (χ3v) is 4.05. The van der Waals surface area contributed by atoms with Crippen molar-refractivity contribution in [1.29, 1.82) is 0 Å². The lowest BCUT2D eigenvalue weighted by atomic mass is 10.1. The number of nitrogens with zero attached hydrogens (tertiary/aromatic N) is 3. The van der Waals surface area contributed by atoms with Crippen molar-refractivity contribution in [1.82, 2.24) is 20.4 Å². The van der Waals surface area contributed by atoms with Crippen molar-refractivity contribution in [3.8, 4) is 5.69 Å². The average Bonchev–Trinajstić information content (AvgIpc) is 3.17. The van der Waals surface area contributed by atoms with E-state index in [1.54, 1.807) is 12.1 Å². The minimum Gasteiger partial charge on any atom is -0.357 e. The molecule has 3 aromatic rings. The lowest BCUT2D eigenvalue weighted by Gasteiger charge is -2.11. The third-order valence-electron chi connectivity index (χ3n) is 4.05. The summed E-state index contributed by atoms with van der Waals surface area (Å²) in [6.45, 7) is 3.84. The van der Waals surface area contributed by atoms with Crippen LogP contribution in [0.4, 0.5) is 4.39 Å². The van der Waals surface area contributed by atoms with Gasteiger partial charge in [-0.1, -0.05) is 36.4 Å². The van der Waals surface area contributed by atoms with Crippen molar-refractivity contribution in [3.05, 3.63) is 83.9 Å². The zero-order valence-corrected chi connectivity index (χ0v) is 18.1. The molecule has 2 aromatic carbocycles. The van der Waals surface area contributed by atoms with Gasteiger partial charge in [-0.3, -0.25) is 0 Å². The molecule has 0 fully saturated rings. The van der Waals surface area contributed by atoms with E-state index in [-0.39, 0.29) is 29.8 Å². The summed E-state index contributed by atoms with van der Waals surface area (Å²) in [6, 6.07) is 18.8. The molecule has 0 aliphatic carbocycles. The van der Waals surface area contributed by atoms with Crippen LogP contribution in [0.25, 0.3) is 5.69 Å². The van der Waals surface area contributed by atoms with Crippen LogP contribution >= 0.6 is 24.0 Å². The van der Waals surface area contributed by atoms with Crippen LogP contribution in [0, 0.1) is 5.82 Å². The Morgan fingerprint density at radius 3 is 2.54 bits per heavy atom. The first-order chi connectivity index (χ1) is 13.3.